The fraction of sp³-hybridized carbons (Fsp3) is 0.750. The van der Waals surface area contributed by atoms with Crippen LogP contribution >= 0.6 is 0 Å². The Morgan fingerprint density at radius 2 is 2.00 bits per heavy atom. The van der Waals surface area contributed by atoms with Crippen LogP contribution in [-0.4, -0.2) is 26.4 Å². The molecule has 2 amide bonds. The maximum Gasteiger partial charge on any atom is 0.0538 e. The van der Waals surface area contributed by atoms with E-state index >= 15 is 0 Å². The van der Waals surface area contributed by atoms with E-state index in [2.05, 4.69) is 10.6 Å². The van der Waals surface area contributed by atoms with E-state index in [0.29, 0.717) is 0 Å². The normalized spacial score (nSPS) is 9.54. The molecule has 0 aromatic carbocycles. The van der Waals surface area contributed by atoms with E-state index < -0.39 is 0 Å². The van der Waals surface area contributed by atoms with E-state index in [-0.39, 0.29) is 44.5 Å². The fourth-order valence-electron chi connectivity index (χ4n) is 0.395. The molecule has 13 heavy (non-hydrogen) atoms. The van der Waals surface area contributed by atoms with Crippen molar-refractivity contribution >= 4 is 12.3 Å². The average molecular weight is 261 g/mol. The van der Waals surface area contributed by atoms with E-state index in [4.69, 9.17) is 4.79 Å². The van der Waals surface area contributed by atoms with Gasteiger partial charge in [-0.3, -0.25) is 0 Å². The van der Waals surface area contributed by atoms with Gasteiger partial charge in [-0.05, 0) is 19.4 Å². The third kappa shape index (κ3) is 14.9. The number of hydrogen-bond donors (Lipinski definition) is 1. The SMILES string of the molecule is CC[C@@H](C)C(=O)[N-]C.CN[C-]=O.[Y]. The molecule has 1 atom stereocenters. The van der Waals surface area contributed by atoms with Crippen molar-refractivity contribution in [2.75, 3.05) is 14.1 Å². The molecule has 4 nitrogen and oxygen atoms in total. The van der Waals surface area contributed by atoms with Crippen molar-refractivity contribution < 1.29 is 42.3 Å². The van der Waals surface area contributed by atoms with Gasteiger partial charge in [-0.1, -0.05) is 13.8 Å². The molecule has 0 aliphatic rings. The van der Waals surface area contributed by atoms with Crippen LogP contribution in [0.15, 0.2) is 0 Å². The Bertz CT molecular complexity index is 131. The molecule has 0 aliphatic carbocycles. The first-order valence-electron chi connectivity index (χ1n) is 3.81. The molecule has 1 radical (unpaired) electrons. The molecular formula is C8H16N2O2Y-2. The van der Waals surface area contributed by atoms with Crippen molar-refractivity contribution in [1.82, 2.24) is 5.32 Å². The van der Waals surface area contributed by atoms with Gasteiger partial charge in [0.1, 0.15) is 0 Å². The maximum absolute atomic E-state index is 10.6. The zero-order valence-electron chi connectivity index (χ0n) is 8.63. The molecule has 0 saturated heterocycles. The summed E-state index contributed by atoms with van der Waals surface area (Å²) in [6, 6.07) is 0. The van der Waals surface area contributed by atoms with E-state index in [9.17, 15) is 4.79 Å². The number of amides is 2. The predicted octanol–water partition coefficient (Wildman–Crippen LogP) is 0.833. The van der Waals surface area contributed by atoms with Crippen LogP contribution in [-0.2, 0) is 42.3 Å². The second-order valence-corrected chi connectivity index (χ2v) is 2.22. The van der Waals surface area contributed by atoms with Gasteiger partial charge >= 0.3 is 0 Å². The van der Waals surface area contributed by atoms with Crippen LogP contribution in [0.5, 0.6) is 0 Å². The van der Waals surface area contributed by atoms with Gasteiger partial charge < -0.3 is 20.2 Å². The molecule has 75 valence electrons. The zero-order valence-corrected chi connectivity index (χ0v) is 11.5. The topological polar surface area (TPSA) is 60.3 Å². The summed E-state index contributed by atoms with van der Waals surface area (Å²) in [5.74, 6) is 0.118. The first-order chi connectivity index (χ1) is 5.63. The predicted molar refractivity (Wildman–Crippen MR) is 48.5 cm³/mol. The van der Waals surface area contributed by atoms with Gasteiger partial charge in [-0.25, -0.2) is 0 Å². The Balaban J connectivity index is -0.000000173. The number of carbonyl (C=O) groups is 1. The first-order valence-corrected chi connectivity index (χ1v) is 3.81. The molecule has 1 N–H and O–H groups in total. The number of nitrogens with zero attached hydrogens (tertiary/aromatic N) is 1. The van der Waals surface area contributed by atoms with Gasteiger partial charge in [0.2, 0.25) is 0 Å². The van der Waals surface area contributed by atoms with Crippen LogP contribution in [0, 0.1) is 5.92 Å². The van der Waals surface area contributed by atoms with E-state index in [1.54, 1.807) is 0 Å². The molecule has 0 aromatic rings. The average Bonchev–Trinajstić information content (AvgIpc) is 2.15. The minimum atomic E-state index is 0. The van der Waals surface area contributed by atoms with Gasteiger partial charge in [-0.2, -0.15) is 6.41 Å². The first kappa shape index (κ1) is 18.8. The molecule has 0 bridgehead atoms. The van der Waals surface area contributed by atoms with Gasteiger partial charge in [0.15, 0.2) is 0 Å². The summed E-state index contributed by atoms with van der Waals surface area (Å²) in [6.07, 6.45) is 2.32. The third-order valence-corrected chi connectivity index (χ3v) is 1.36. The van der Waals surface area contributed by atoms with Crippen molar-refractivity contribution in [2.45, 2.75) is 20.3 Å². The maximum atomic E-state index is 10.6. The molecule has 0 unspecified atom stereocenters. The van der Waals surface area contributed by atoms with Crippen LogP contribution in [0.25, 0.3) is 5.32 Å². The summed E-state index contributed by atoms with van der Waals surface area (Å²) in [6.45, 7) is 3.86. The summed E-state index contributed by atoms with van der Waals surface area (Å²) < 4.78 is 0. The minimum Gasteiger partial charge on any atom is -0.656 e. The van der Waals surface area contributed by atoms with Crippen LogP contribution in [0.4, 0.5) is 0 Å². The van der Waals surface area contributed by atoms with E-state index in [1.165, 1.54) is 20.5 Å². The van der Waals surface area contributed by atoms with Gasteiger partial charge in [0.25, 0.3) is 0 Å². The number of carbonyl (C=O) groups excluding carboxylic acids is 2. The summed E-state index contributed by atoms with van der Waals surface area (Å²) in [7, 11) is 3.04. The Morgan fingerprint density at radius 3 is 2.08 bits per heavy atom. The monoisotopic (exact) mass is 261 g/mol. The smallest absolute Gasteiger partial charge is 0.0538 e. The van der Waals surface area contributed by atoms with Gasteiger partial charge in [-0.15, -0.1) is 7.05 Å². The molecule has 5 heteroatoms. The number of hydrogen-bond acceptors (Lipinski definition) is 2. The molecule has 0 fully saturated rings. The van der Waals surface area contributed by atoms with Crippen LogP contribution < -0.4 is 5.32 Å². The quantitative estimate of drug-likeness (QED) is 0.604. The Hall–Kier alpha value is 0.0439. The Morgan fingerprint density at radius 1 is 1.62 bits per heavy atom. The van der Waals surface area contributed by atoms with E-state index in [0.717, 1.165) is 6.42 Å². The van der Waals surface area contributed by atoms with Gasteiger partial charge in [0, 0.05) is 32.7 Å². The number of rotatable bonds is 3. The zero-order chi connectivity index (χ0) is 9.98. The van der Waals surface area contributed by atoms with Crippen LogP contribution in [0.1, 0.15) is 20.3 Å². The second kappa shape index (κ2) is 14.6. The fourth-order valence-corrected chi connectivity index (χ4v) is 0.395. The van der Waals surface area contributed by atoms with Crippen molar-refractivity contribution in [3.63, 3.8) is 0 Å². The standard InChI is InChI=1S/C6H13NO.C2H4NO.Y/c1-4-5(2)6(8)7-3;1-3-2-4;/h5H,4H2,1-3H3,(H,7,8);1H3,(H,3,4);/q;-1;/p-1/t5-;;/m1../s1. The summed E-state index contributed by atoms with van der Waals surface area (Å²) in [5.41, 5.74) is 0. The molecule has 0 rings (SSSR count). The third-order valence-electron chi connectivity index (χ3n) is 1.36. The Kier molecular flexibility index (Phi) is 21.0. The molecule has 0 saturated carbocycles. The van der Waals surface area contributed by atoms with Gasteiger partial charge in [0.05, 0.1) is 5.91 Å². The van der Waals surface area contributed by atoms with E-state index in [1.807, 2.05) is 13.8 Å². The number of nitrogens with one attached hydrogen (secondary N) is 1. The van der Waals surface area contributed by atoms with Crippen molar-refractivity contribution in [2.24, 2.45) is 5.92 Å². The molecule has 0 aromatic heterocycles. The summed E-state index contributed by atoms with van der Waals surface area (Å²) >= 11 is 0. The van der Waals surface area contributed by atoms with Crippen molar-refractivity contribution in [3.8, 4) is 0 Å². The molecular weight excluding hydrogens is 245 g/mol. The minimum absolute atomic E-state index is 0. The molecule has 0 spiro atoms. The molecule has 0 aliphatic heterocycles. The van der Waals surface area contributed by atoms with Crippen molar-refractivity contribution in [3.05, 3.63) is 5.32 Å². The summed E-state index contributed by atoms with van der Waals surface area (Å²) in [4.78, 5) is 19.5. The van der Waals surface area contributed by atoms with Crippen molar-refractivity contribution in [1.29, 1.82) is 0 Å². The largest absolute Gasteiger partial charge is 0.656 e. The van der Waals surface area contributed by atoms with Crippen LogP contribution in [0.2, 0.25) is 0 Å². The second-order valence-electron chi connectivity index (χ2n) is 2.22. The van der Waals surface area contributed by atoms with Crippen LogP contribution in [0.3, 0.4) is 0 Å². The summed E-state index contributed by atoms with van der Waals surface area (Å²) in [5, 5.41) is 5.65. The molecule has 0 heterocycles. The Labute approximate surface area is 105 Å².